The van der Waals surface area contributed by atoms with Gasteiger partial charge in [-0.05, 0) is 18.6 Å². The summed E-state index contributed by atoms with van der Waals surface area (Å²) >= 11 is 0. The van der Waals surface area contributed by atoms with Gasteiger partial charge in [0.25, 0.3) is 0 Å². The molecule has 0 atom stereocenters. The number of hydrogen-bond acceptors (Lipinski definition) is 2. The standard InChI is InChI=1S/C15H13N3/c1-3-4-7-13-11(2)12-8-5-6-9-14(12)18-10-16-17-15(13)18/h3-10H,1H2,2H3/b7-4-. The Morgan fingerprint density at radius 3 is 2.94 bits per heavy atom. The highest BCUT2D eigenvalue weighted by Gasteiger charge is 2.10. The first-order valence-corrected chi connectivity index (χ1v) is 5.83. The number of aromatic nitrogens is 3. The minimum atomic E-state index is 0.879. The topological polar surface area (TPSA) is 30.2 Å². The molecule has 0 amide bonds. The second kappa shape index (κ2) is 4.11. The highest BCUT2D eigenvalue weighted by Crippen LogP contribution is 2.25. The van der Waals surface area contributed by atoms with Crippen LogP contribution in [0.1, 0.15) is 11.1 Å². The van der Waals surface area contributed by atoms with Crippen LogP contribution in [0, 0.1) is 6.92 Å². The van der Waals surface area contributed by atoms with Crippen molar-refractivity contribution in [3.8, 4) is 0 Å². The number of pyridine rings is 1. The first kappa shape index (κ1) is 10.7. The molecule has 0 aliphatic heterocycles. The monoisotopic (exact) mass is 235 g/mol. The normalized spacial score (nSPS) is 11.6. The summed E-state index contributed by atoms with van der Waals surface area (Å²) in [5.41, 5.74) is 4.31. The molecule has 0 aliphatic rings. The Hall–Kier alpha value is -2.42. The second-order valence-corrected chi connectivity index (χ2v) is 4.18. The summed E-state index contributed by atoms with van der Waals surface area (Å²) in [7, 11) is 0. The molecule has 0 saturated carbocycles. The van der Waals surface area contributed by atoms with E-state index in [1.54, 1.807) is 12.4 Å². The van der Waals surface area contributed by atoms with Gasteiger partial charge in [-0.2, -0.15) is 0 Å². The molecule has 2 aromatic heterocycles. The van der Waals surface area contributed by atoms with E-state index in [0.717, 1.165) is 16.7 Å². The Kier molecular flexibility index (Phi) is 2.45. The number of allylic oxidation sites excluding steroid dienone is 2. The molecule has 0 N–H and O–H groups in total. The Morgan fingerprint density at radius 2 is 2.11 bits per heavy atom. The van der Waals surface area contributed by atoms with Gasteiger partial charge in [-0.1, -0.05) is 43.0 Å². The molecule has 1 aromatic carbocycles. The molecule has 3 heteroatoms. The molecule has 3 rings (SSSR count). The number of hydrogen-bond donors (Lipinski definition) is 0. The summed E-state index contributed by atoms with van der Waals surface area (Å²) in [6, 6.07) is 8.28. The molecule has 88 valence electrons. The smallest absolute Gasteiger partial charge is 0.168 e. The van der Waals surface area contributed by atoms with Gasteiger partial charge in [-0.3, -0.25) is 4.40 Å². The number of aryl methyl sites for hydroxylation is 1. The molecule has 0 bridgehead atoms. The summed E-state index contributed by atoms with van der Waals surface area (Å²) in [6.45, 7) is 5.82. The molecule has 0 unspecified atom stereocenters. The number of rotatable bonds is 2. The third-order valence-corrected chi connectivity index (χ3v) is 3.16. The Balaban J connectivity index is 2.52. The molecule has 2 heterocycles. The van der Waals surface area contributed by atoms with Gasteiger partial charge in [0, 0.05) is 10.9 Å². The number of nitrogens with zero attached hydrogens (tertiary/aromatic N) is 3. The molecule has 18 heavy (non-hydrogen) atoms. The van der Waals surface area contributed by atoms with Gasteiger partial charge in [0.2, 0.25) is 0 Å². The van der Waals surface area contributed by atoms with Crippen molar-refractivity contribution in [1.29, 1.82) is 0 Å². The maximum absolute atomic E-state index is 4.21. The van der Waals surface area contributed by atoms with Crippen molar-refractivity contribution < 1.29 is 0 Å². The van der Waals surface area contributed by atoms with E-state index < -0.39 is 0 Å². The van der Waals surface area contributed by atoms with Gasteiger partial charge in [-0.25, -0.2) is 0 Å². The van der Waals surface area contributed by atoms with Crippen molar-refractivity contribution in [3.63, 3.8) is 0 Å². The number of benzene rings is 1. The molecule has 3 aromatic rings. The quantitative estimate of drug-likeness (QED) is 0.637. The predicted molar refractivity (Wildman–Crippen MR) is 74.5 cm³/mol. The first-order chi connectivity index (χ1) is 8.83. The van der Waals surface area contributed by atoms with Crippen LogP contribution in [0.3, 0.4) is 0 Å². The van der Waals surface area contributed by atoms with Crippen molar-refractivity contribution in [1.82, 2.24) is 14.6 Å². The first-order valence-electron chi connectivity index (χ1n) is 5.83. The number of fused-ring (bicyclic) bond motifs is 3. The number of para-hydroxylation sites is 1. The van der Waals surface area contributed by atoms with Crippen molar-refractivity contribution in [2.24, 2.45) is 0 Å². The molecular formula is C15H13N3. The average Bonchev–Trinajstić information content (AvgIpc) is 2.88. The third kappa shape index (κ3) is 1.44. The summed E-state index contributed by atoms with van der Waals surface area (Å²) in [4.78, 5) is 0. The Bertz CT molecular complexity index is 766. The fourth-order valence-corrected chi connectivity index (χ4v) is 2.27. The predicted octanol–water partition coefficient (Wildman–Crippen LogP) is 3.39. The van der Waals surface area contributed by atoms with Crippen LogP contribution in [0.5, 0.6) is 0 Å². The van der Waals surface area contributed by atoms with Gasteiger partial charge in [0.05, 0.1) is 5.52 Å². The van der Waals surface area contributed by atoms with Crippen LogP contribution >= 0.6 is 0 Å². The lowest BCUT2D eigenvalue weighted by Gasteiger charge is -2.09. The highest BCUT2D eigenvalue weighted by atomic mass is 15.2. The average molecular weight is 235 g/mol. The minimum Gasteiger partial charge on any atom is -0.281 e. The zero-order valence-electron chi connectivity index (χ0n) is 10.2. The van der Waals surface area contributed by atoms with Crippen LogP contribution in [0.25, 0.3) is 22.6 Å². The SMILES string of the molecule is C=C/C=C\c1c(C)c2ccccc2n2cnnc12. The van der Waals surface area contributed by atoms with E-state index in [4.69, 9.17) is 0 Å². The molecule has 0 aliphatic carbocycles. The Labute approximate surface area is 105 Å². The molecule has 0 radical (unpaired) electrons. The molecule has 3 nitrogen and oxygen atoms in total. The fraction of sp³-hybridized carbons (Fsp3) is 0.0667. The minimum absolute atomic E-state index is 0.879. The lowest BCUT2D eigenvalue weighted by atomic mass is 10.0. The van der Waals surface area contributed by atoms with E-state index in [2.05, 4.69) is 35.8 Å². The van der Waals surface area contributed by atoms with Crippen molar-refractivity contribution in [3.05, 3.63) is 60.5 Å². The van der Waals surface area contributed by atoms with E-state index in [1.807, 2.05) is 28.7 Å². The van der Waals surface area contributed by atoms with Crippen LogP contribution < -0.4 is 0 Å². The maximum Gasteiger partial charge on any atom is 0.168 e. The van der Waals surface area contributed by atoms with Crippen LogP contribution in [0.2, 0.25) is 0 Å². The van der Waals surface area contributed by atoms with Gasteiger partial charge < -0.3 is 0 Å². The summed E-state index contributed by atoms with van der Waals surface area (Å²) in [5, 5.41) is 9.44. The van der Waals surface area contributed by atoms with Crippen LogP contribution in [-0.2, 0) is 0 Å². The van der Waals surface area contributed by atoms with Gasteiger partial charge in [0.1, 0.15) is 6.33 Å². The zero-order chi connectivity index (χ0) is 12.5. The highest BCUT2D eigenvalue weighted by molar-refractivity contribution is 5.90. The lowest BCUT2D eigenvalue weighted by Crippen LogP contribution is -1.94. The Morgan fingerprint density at radius 1 is 1.28 bits per heavy atom. The van der Waals surface area contributed by atoms with Crippen LogP contribution in [0.4, 0.5) is 0 Å². The van der Waals surface area contributed by atoms with Crippen LogP contribution in [-0.4, -0.2) is 14.6 Å². The lowest BCUT2D eigenvalue weighted by molar-refractivity contribution is 1.11. The van der Waals surface area contributed by atoms with Crippen molar-refractivity contribution >= 4 is 22.6 Å². The van der Waals surface area contributed by atoms with Crippen LogP contribution in [0.15, 0.2) is 49.3 Å². The maximum atomic E-state index is 4.21. The van der Waals surface area contributed by atoms with E-state index in [-0.39, 0.29) is 0 Å². The third-order valence-electron chi connectivity index (χ3n) is 3.16. The zero-order valence-corrected chi connectivity index (χ0v) is 10.2. The van der Waals surface area contributed by atoms with Crippen molar-refractivity contribution in [2.75, 3.05) is 0 Å². The van der Waals surface area contributed by atoms with Gasteiger partial charge >= 0.3 is 0 Å². The summed E-state index contributed by atoms with van der Waals surface area (Å²) in [5.74, 6) is 0. The molecule has 0 saturated heterocycles. The molecule has 0 spiro atoms. The van der Waals surface area contributed by atoms with Gasteiger partial charge in [-0.15, -0.1) is 10.2 Å². The second-order valence-electron chi connectivity index (χ2n) is 4.18. The summed E-state index contributed by atoms with van der Waals surface area (Å²) < 4.78 is 2.02. The molecular weight excluding hydrogens is 222 g/mol. The van der Waals surface area contributed by atoms with Gasteiger partial charge in [0.15, 0.2) is 5.65 Å². The fourth-order valence-electron chi connectivity index (χ4n) is 2.27. The summed E-state index contributed by atoms with van der Waals surface area (Å²) in [6.07, 6.45) is 7.47. The van der Waals surface area contributed by atoms with E-state index in [0.29, 0.717) is 0 Å². The largest absolute Gasteiger partial charge is 0.281 e. The van der Waals surface area contributed by atoms with E-state index in [9.17, 15) is 0 Å². The van der Waals surface area contributed by atoms with Crippen molar-refractivity contribution in [2.45, 2.75) is 6.92 Å². The van der Waals surface area contributed by atoms with E-state index in [1.165, 1.54) is 10.9 Å². The molecule has 0 fully saturated rings. The van der Waals surface area contributed by atoms with E-state index >= 15 is 0 Å².